The molecule has 2 saturated heterocycles. The lowest BCUT2D eigenvalue weighted by molar-refractivity contribution is 0.297. The molecule has 0 spiro atoms. The average molecular weight is 290 g/mol. The number of rotatable bonds is 2. The van der Waals surface area contributed by atoms with Gasteiger partial charge in [-0.2, -0.15) is 0 Å². The Morgan fingerprint density at radius 2 is 2.14 bits per heavy atom. The molecule has 0 bridgehead atoms. The first-order chi connectivity index (χ1) is 10.9. The predicted octanol–water partition coefficient (Wildman–Crippen LogP) is 2.64. The molecular formula is C18H18N4. The summed E-state index contributed by atoms with van der Waals surface area (Å²) in [4.78, 5) is 10.2. The molecule has 0 saturated carbocycles. The summed E-state index contributed by atoms with van der Waals surface area (Å²) in [7, 11) is 0. The molecule has 0 unspecified atom stereocenters. The first kappa shape index (κ1) is 12.2. The van der Waals surface area contributed by atoms with Crippen LogP contribution in [0.15, 0.2) is 48.9 Å². The van der Waals surface area contributed by atoms with Gasteiger partial charge in [0.2, 0.25) is 0 Å². The van der Waals surface area contributed by atoms with Crippen molar-refractivity contribution in [3.05, 3.63) is 48.9 Å². The maximum atomic E-state index is 4.49. The number of nitrogens with one attached hydrogen (secondary N) is 2. The number of H-pyrrole nitrogens is 1. The standard InChI is InChI=1S/C18H18N4/c1-2-15(16-4-5-20-17(16)3-1)12-6-14(9-19-7-12)22-10-13-8-21-18(13)11-22/h1-7,9,13,18,20-21H,8,10-11H2/t13-,18-/m1/s1. The highest BCUT2D eigenvalue weighted by Gasteiger charge is 2.39. The number of pyridine rings is 1. The van der Waals surface area contributed by atoms with Gasteiger partial charge in [0.15, 0.2) is 0 Å². The molecule has 2 N–H and O–H groups in total. The summed E-state index contributed by atoms with van der Waals surface area (Å²) in [6.45, 7) is 3.41. The van der Waals surface area contributed by atoms with Crippen LogP contribution in [-0.2, 0) is 0 Å². The van der Waals surface area contributed by atoms with E-state index in [0.29, 0.717) is 6.04 Å². The van der Waals surface area contributed by atoms with Crippen molar-refractivity contribution in [1.82, 2.24) is 15.3 Å². The van der Waals surface area contributed by atoms with E-state index in [-0.39, 0.29) is 0 Å². The Morgan fingerprint density at radius 1 is 1.14 bits per heavy atom. The Balaban J connectivity index is 1.55. The van der Waals surface area contributed by atoms with Crippen LogP contribution in [0, 0.1) is 5.92 Å². The maximum Gasteiger partial charge on any atom is 0.0559 e. The fraction of sp³-hybridized carbons (Fsp3) is 0.278. The van der Waals surface area contributed by atoms with Gasteiger partial charge in [-0.15, -0.1) is 0 Å². The minimum absolute atomic E-state index is 0.678. The molecule has 2 aliphatic heterocycles. The van der Waals surface area contributed by atoms with Gasteiger partial charge in [-0.3, -0.25) is 4.98 Å². The SMILES string of the molecule is c1cc(-c2cncc(N3C[C@H]4CN[C@@H]4C3)c2)c2cc[nH]c2c1. The molecule has 2 atom stereocenters. The van der Waals surface area contributed by atoms with Gasteiger partial charge >= 0.3 is 0 Å². The summed E-state index contributed by atoms with van der Waals surface area (Å²) >= 11 is 0. The monoisotopic (exact) mass is 290 g/mol. The topological polar surface area (TPSA) is 44.0 Å². The van der Waals surface area contributed by atoms with E-state index >= 15 is 0 Å². The van der Waals surface area contributed by atoms with E-state index in [1.54, 1.807) is 0 Å². The summed E-state index contributed by atoms with van der Waals surface area (Å²) in [5.74, 6) is 0.816. The molecule has 0 aliphatic carbocycles. The normalized spacial score (nSPS) is 23.5. The molecule has 2 aliphatic rings. The van der Waals surface area contributed by atoms with Crippen LogP contribution in [0.25, 0.3) is 22.0 Å². The molecule has 4 heterocycles. The van der Waals surface area contributed by atoms with E-state index in [1.165, 1.54) is 27.7 Å². The van der Waals surface area contributed by atoms with Gasteiger partial charge in [0.05, 0.1) is 11.9 Å². The average Bonchev–Trinajstić information content (AvgIpc) is 3.12. The van der Waals surface area contributed by atoms with Gasteiger partial charge in [-0.1, -0.05) is 12.1 Å². The lowest BCUT2D eigenvalue weighted by atomic mass is 9.96. The van der Waals surface area contributed by atoms with Crippen molar-refractivity contribution in [3.8, 4) is 11.1 Å². The van der Waals surface area contributed by atoms with E-state index in [4.69, 9.17) is 0 Å². The number of aromatic nitrogens is 2. The molecule has 4 nitrogen and oxygen atoms in total. The Morgan fingerprint density at radius 3 is 2.95 bits per heavy atom. The third-order valence-electron chi connectivity index (χ3n) is 5.08. The van der Waals surface area contributed by atoms with Gasteiger partial charge in [0.25, 0.3) is 0 Å². The molecule has 0 radical (unpaired) electrons. The van der Waals surface area contributed by atoms with Crippen molar-refractivity contribution in [2.45, 2.75) is 6.04 Å². The Labute approximate surface area is 129 Å². The number of hydrogen-bond acceptors (Lipinski definition) is 3. The van der Waals surface area contributed by atoms with Gasteiger partial charge in [0.1, 0.15) is 0 Å². The fourth-order valence-corrected chi connectivity index (χ4v) is 3.75. The van der Waals surface area contributed by atoms with Crippen LogP contribution in [0.4, 0.5) is 5.69 Å². The molecule has 2 fully saturated rings. The Bertz CT molecular complexity index is 826. The van der Waals surface area contributed by atoms with Crippen molar-refractivity contribution in [1.29, 1.82) is 0 Å². The summed E-state index contributed by atoms with van der Waals surface area (Å²) < 4.78 is 0. The van der Waals surface area contributed by atoms with E-state index < -0.39 is 0 Å². The summed E-state index contributed by atoms with van der Waals surface area (Å²) in [5.41, 5.74) is 4.84. The Kier molecular flexibility index (Phi) is 2.55. The van der Waals surface area contributed by atoms with Crippen LogP contribution < -0.4 is 10.2 Å². The molecule has 5 rings (SSSR count). The molecule has 0 amide bonds. The van der Waals surface area contributed by atoms with Crippen molar-refractivity contribution in [2.75, 3.05) is 24.5 Å². The highest BCUT2D eigenvalue weighted by atomic mass is 15.2. The molecule has 2 aromatic heterocycles. The zero-order valence-corrected chi connectivity index (χ0v) is 12.3. The molecule has 110 valence electrons. The van der Waals surface area contributed by atoms with Crippen molar-refractivity contribution in [3.63, 3.8) is 0 Å². The highest BCUT2D eigenvalue weighted by molar-refractivity contribution is 5.95. The summed E-state index contributed by atoms with van der Waals surface area (Å²) in [6.07, 6.45) is 5.95. The molecular weight excluding hydrogens is 272 g/mol. The maximum absolute atomic E-state index is 4.49. The van der Waals surface area contributed by atoms with Crippen LogP contribution >= 0.6 is 0 Å². The number of hydrogen-bond donors (Lipinski definition) is 2. The first-order valence-corrected chi connectivity index (χ1v) is 7.88. The van der Waals surface area contributed by atoms with E-state index in [9.17, 15) is 0 Å². The van der Waals surface area contributed by atoms with E-state index in [1.807, 2.05) is 18.6 Å². The number of aromatic amines is 1. The number of nitrogens with zero attached hydrogens (tertiary/aromatic N) is 2. The second kappa shape index (κ2) is 4.58. The molecule has 3 aromatic rings. The predicted molar refractivity (Wildman–Crippen MR) is 89.0 cm³/mol. The fourth-order valence-electron chi connectivity index (χ4n) is 3.75. The van der Waals surface area contributed by atoms with E-state index in [0.717, 1.165) is 25.6 Å². The van der Waals surface area contributed by atoms with Crippen molar-refractivity contribution >= 4 is 16.6 Å². The number of benzene rings is 1. The van der Waals surface area contributed by atoms with Gasteiger partial charge in [0, 0.05) is 60.5 Å². The van der Waals surface area contributed by atoms with Gasteiger partial charge < -0.3 is 15.2 Å². The van der Waals surface area contributed by atoms with Crippen LogP contribution in [0.5, 0.6) is 0 Å². The van der Waals surface area contributed by atoms with Crippen molar-refractivity contribution < 1.29 is 0 Å². The zero-order valence-electron chi connectivity index (χ0n) is 12.3. The van der Waals surface area contributed by atoms with Crippen LogP contribution in [0.3, 0.4) is 0 Å². The Hall–Kier alpha value is -2.33. The molecule has 22 heavy (non-hydrogen) atoms. The summed E-state index contributed by atoms with van der Waals surface area (Å²) in [5, 5.41) is 4.76. The summed E-state index contributed by atoms with van der Waals surface area (Å²) in [6, 6.07) is 11.5. The molecule has 1 aromatic carbocycles. The van der Waals surface area contributed by atoms with Crippen LogP contribution in [-0.4, -0.2) is 35.6 Å². The third-order valence-corrected chi connectivity index (χ3v) is 5.08. The molecule has 4 heteroatoms. The largest absolute Gasteiger partial charge is 0.368 e. The first-order valence-electron chi connectivity index (χ1n) is 7.88. The smallest absolute Gasteiger partial charge is 0.0559 e. The number of anilines is 1. The minimum Gasteiger partial charge on any atom is -0.368 e. The highest BCUT2D eigenvalue weighted by Crippen LogP contribution is 2.32. The lowest BCUT2D eigenvalue weighted by Gasteiger charge is -2.29. The zero-order chi connectivity index (χ0) is 14.5. The second-order valence-corrected chi connectivity index (χ2v) is 6.36. The van der Waals surface area contributed by atoms with Crippen LogP contribution in [0.1, 0.15) is 0 Å². The quantitative estimate of drug-likeness (QED) is 0.762. The second-order valence-electron chi connectivity index (χ2n) is 6.36. The van der Waals surface area contributed by atoms with Crippen LogP contribution in [0.2, 0.25) is 0 Å². The lowest BCUT2D eigenvalue weighted by Crippen LogP contribution is -2.51. The van der Waals surface area contributed by atoms with E-state index in [2.05, 4.69) is 50.5 Å². The third kappa shape index (κ3) is 1.77. The van der Waals surface area contributed by atoms with Crippen molar-refractivity contribution in [2.24, 2.45) is 5.92 Å². The van der Waals surface area contributed by atoms with Gasteiger partial charge in [-0.05, 0) is 23.8 Å². The number of fused-ring (bicyclic) bond motifs is 2. The minimum atomic E-state index is 0.678. The van der Waals surface area contributed by atoms with Gasteiger partial charge in [-0.25, -0.2) is 0 Å².